The van der Waals surface area contributed by atoms with Gasteiger partial charge in [0, 0.05) is 25.3 Å². The number of amides is 1. The zero-order valence-corrected chi connectivity index (χ0v) is 18.5. The van der Waals surface area contributed by atoms with E-state index in [1.807, 2.05) is 13.0 Å². The summed E-state index contributed by atoms with van der Waals surface area (Å²) in [6.07, 6.45) is 4.42. The number of carbonyl (C=O) groups excluding carboxylic acids is 1. The molecule has 6 nitrogen and oxygen atoms in total. The van der Waals surface area contributed by atoms with Crippen molar-refractivity contribution >= 4 is 46.3 Å². The number of aryl methyl sites for hydroxylation is 1. The first-order valence-corrected chi connectivity index (χ1v) is 11.3. The fourth-order valence-corrected chi connectivity index (χ4v) is 4.85. The van der Waals surface area contributed by atoms with E-state index in [1.165, 1.54) is 42.4 Å². The number of likely N-dealkylation sites (N-methyl/N-ethyl adjacent to an activating group) is 1. The Labute approximate surface area is 186 Å². The lowest BCUT2D eigenvalue weighted by Crippen LogP contribution is -2.28. The van der Waals surface area contributed by atoms with E-state index in [0.717, 1.165) is 24.2 Å². The van der Waals surface area contributed by atoms with E-state index >= 15 is 0 Å². The van der Waals surface area contributed by atoms with Crippen LogP contribution in [0.15, 0.2) is 52.4 Å². The van der Waals surface area contributed by atoms with Gasteiger partial charge >= 0.3 is 5.97 Å². The third-order valence-electron chi connectivity index (χ3n) is 5.55. The van der Waals surface area contributed by atoms with Crippen LogP contribution in [-0.4, -0.2) is 46.7 Å². The molecule has 2 aromatic rings. The number of amidine groups is 1. The molecule has 160 valence electrons. The molecule has 0 unspecified atom stereocenters. The van der Waals surface area contributed by atoms with Crippen LogP contribution >= 0.6 is 11.8 Å². The Kier molecular flexibility index (Phi) is 6.13. The van der Waals surface area contributed by atoms with Crippen LogP contribution < -0.4 is 4.90 Å². The number of nitrogens with zero attached hydrogens (tertiary/aromatic N) is 3. The smallest absolute Gasteiger partial charge is 0.335 e. The standard InChI is InChI=1S/C24H25N3O3S/c1-3-27-22(28)21(31-24(27)25-19-9-6-17(7-10-19)23(29)30)15-18-8-11-20(14-16(18)2)26-12-4-5-13-26/h6-11,14-15H,3-5,12-13H2,1-2H3,(H,29,30)/b21-15-,25-24?. The molecule has 0 saturated carbocycles. The largest absolute Gasteiger partial charge is 0.478 e. The number of thioether (sulfide) groups is 1. The van der Waals surface area contributed by atoms with Crippen molar-refractivity contribution in [2.24, 2.45) is 4.99 Å². The molecular weight excluding hydrogens is 410 g/mol. The van der Waals surface area contributed by atoms with Gasteiger partial charge < -0.3 is 10.0 Å². The van der Waals surface area contributed by atoms with Crippen LogP contribution in [0.5, 0.6) is 0 Å². The van der Waals surface area contributed by atoms with Crippen LogP contribution in [0.25, 0.3) is 6.08 Å². The number of carboxylic acid groups (broad SMARTS) is 1. The fourth-order valence-electron chi connectivity index (χ4n) is 3.79. The van der Waals surface area contributed by atoms with Crippen molar-refractivity contribution in [1.82, 2.24) is 4.90 Å². The molecule has 2 aliphatic rings. The predicted octanol–water partition coefficient (Wildman–Crippen LogP) is 4.92. The van der Waals surface area contributed by atoms with Crippen molar-refractivity contribution in [3.05, 3.63) is 64.1 Å². The average Bonchev–Trinajstić information content (AvgIpc) is 3.39. The molecule has 2 aromatic carbocycles. The molecule has 7 heteroatoms. The van der Waals surface area contributed by atoms with Crippen LogP contribution in [0.1, 0.15) is 41.3 Å². The number of aliphatic imine (C=N–C) groups is 1. The highest BCUT2D eigenvalue weighted by molar-refractivity contribution is 8.18. The topological polar surface area (TPSA) is 73.2 Å². The number of carboxylic acids is 1. The molecular formula is C24H25N3O3S. The minimum absolute atomic E-state index is 0.0589. The molecule has 4 rings (SSSR count). The van der Waals surface area contributed by atoms with Crippen molar-refractivity contribution in [3.8, 4) is 0 Å². The van der Waals surface area contributed by atoms with Crippen LogP contribution in [0.4, 0.5) is 11.4 Å². The van der Waals surface area contributed by atoms with E-state index in [4.69, 9.17) is 5.11 Å². The zero-order valence-electron chi connectivity index (χ0n) is 17.7. The lowest BCUT2D eigenvalue weighted by molar-refractivity contribution is -0.122. The average molecular weight is 436 g/mol. The van der Waals surface area contributed by atoms with Gasteiger partial charge in [0.1, 0.15) is 0 Å². The first kappa shape index (κ1) is 21.2. The normalized spacial score (nSPS) is 19.1. The molecule has 0 atom stereocenters. The summed E-state index contributed by atoms with van der Waals surface area (Å²) in [5.74, 6) is -1.03. The van der Waals surface area contributed by atoms with Crippen molar-refractivity contribution in [1.29, 1.82) is 0 Å². The highest BCUT2D eigenvalue weighted by Crippen LogP contribution is 2.35. The molecule has 2 aliphatic heterocycles. The maximum Gasteiger partial charge on any atom is 0.335 e. The van der Waals surface area contributed by atoms with Gasteiger partial charge in [-0.1, -0.05) is 6.07 Å². The van der Waals surface area contributed by atoms with E-state index in [2.05, 4.69) is 35.0 Å². The third-order valence-corrected chi connectivity index (χ3v) is 6.56. The van der Waals surface area contributed by atoms with Gasteiger partial charge in [-0.25, -0.2) is 9.79 Å². The van der Waals surface area contributed by atoms with Gasteiger partial charge in [0.25, 0.3) is 5.91 Å². The van der Waals surface area contributed by atoms with Gasteiger partial charge in [0.2, 0.25) is 0 Å². The molecule has 2 saturated heterocycles. The van der Waals surface area contributed by atoms with Crippen molar-refractivity contribution in [3.63, 3.8) is 0 Å². The second kappa shape index (κ2) is 8.98. The van der Waals surface area contributed by atoms with Gasteiger partial charge in [-0.3, -0.25) is 9.69 Å². The Morgan fingerprint density at radius 3 is 2.48 bits per heavy atom. The van der Waals surface area contributed by atoms with Crippen molar-refractivity contribution in [2.45, 2.75) is 26.7 Å². The summed E-state index contributed by atoms with van der Waals surface area (Å²) in [6.45, 7) is 6.72. The van der Waals surface area contributed by atoms with Gasteiger partial charge in [0.05, 0.1) is 16.2 Å². The first-order valence-electron chi connectivity index (χ1n) is 10.5. The SMILES string of the molecule is CCN1C(=O)/C(=C/c2ccc(N3CCCC3)cc2C)SC1=Nc1ccc(C(=O)O)cc1. The Morgan fingerprint density at radius 1 is 1.16 bits per heavy atom. The van der Waals surface area contributed by atoms with Crippen LogP contribution in [0, 0.1) is 6.92 Å². The summed E-state index contributed by atoms with van der Waals surface area (Å²) in [4.78, 5) is 33.3. The van der Waals surface area contributed by atoms with Gasteiger partial charge in [-0.05, 0) is 92.1 Å². The molecule has 1 amide bonds. The van der Waals surface area contributed by atoms with Crippen LogP contribution in [0.2, 0.25) is 0 Å². The maximum atomic E-state index is 12.9. The predicted molar refractivity (Wildman–Crippen MR) is 126 cm³/mol. The van der Waals surface area contributed by atoms with E-state index in [1.54, 1.807) is 17.0 Å². The van der Waals surface area contributed by atoms with E-state index in [9.17, 15) is 9.59 Å². The van der Waals surface area contributed by atoms with E-state index in [0.29, 0.717) is 22.3 Å². The summed E-state index contributed by atoms with van der Waals surface area (Å²) in [6, 6.07) is 12.7. The summed E-state index contributed by atoms with van der Waals surface area (Å²) in [7, 11) is 0. The Hall–Kier alpha value is -3.06. The Balaban J connectivity index is 1.58. The lowest BCUT2D eigenvalue weighted by Gasteiger charge is -2.18. The summed E-state index contributed by atoms with van der Waals surface area (Å²) in [5, 5.41) is 9.65. The number of aromatic carboxylic acids is 1. The number of anilines is 1. The summed E-state index contributed by atoms with van der Waals surface area (Å²) >= 11 is 1.35. The Bertz CT molecular complexity index is 1070. The quantitative estimate of drug-likeness (QED) is 0.675. The van der Waals surface area contributed by atoms with Crippen LogP contribution in [-0.2, 0) is 4.79 Å². The third kappa shape index (κ3) is 4.51. The van der Waals surface area contributed by atoms with Gasteiger partial charge in [-0.15, -0.1) is 0 Å². The molecule has 0 bridgehead atoms. The number of benzene rings is 2. The highest BCUT2D eigenvalue weighted by Gasteiger charge is 2.32. The zero-order chi connectivity index (χ0) is 22.0. The molecule has 31 heavy (non-hydrogen) atoms. The molecule has 2 fully saturated rings. The highest BCUT2D eigenvalue weighted by atomic mass is 32.2. The van der Waals surface area contributed by atoms with Crippen molar-refractivity contribution < 1.29 is 14.7 Å². The second-order valence-electron chi connectivity index (χ2n) is 7.64. The maximum absolute atomic E-state index is 12.9. The fraction of sp³-hybridized carbons (Fsp3) is 0.292. The Morgan fingerprint density at radius 2 is 1.87 bits per heavy atom. The van der Waals surface area contributed by atoms with Crippen LogP contribution in [0.3, 0.4) is 0 Å². The van der Waals surface area contributed by atoms with Gasteiger partial charge in [0.15, 0.2) is 5.17 Å². The number of hydrogen-bond donors (Lipinski definition) is 1. The number of hydrogen-bond acceptors (Lipinski definition) is 5. The van der Waals surface area contributed by atoms with Crippen molar-refractivity contribution in [2.75, 3.05) is 24.5 Å². The molecule has 0 radical (unpaired) electrons. The summed E-state index contributed by atoms with van der Waals surface area (Å²) < 4.78 is 0. The molecule has 0 spiro atoms. The van der Waals surface area contributed by atoms with E-state index < -0.39 is 5.97 Å². The molecule has 0 aliphatic carbocycles. The van der Waals surface area contributed by atoms with Gasteiger partial charge in [-0.2, -0.15) is 0 Å². The minimum atomic E-state index is -0.976. The number of carbonyl (C=O) groups is 2. The lowest BCUT2D eigenvalue weighted by atomic mass is 10.1. The monoisotopic (exact) mass is 435 g/mol. The van der Waals surface area contributed by atoms with E-state index in [-0.39, 0.29) is 11.5 Å². The number of rotatable bonds is 5. The minimum Gasteiger partial charge on any atom is -0.478 e. The second-order valence-corrected chi connectivity index (χ2v) is 8.65. The first-order chi connectivity index (χ1) is 15.0. The molecule has 1 N–H and O–H groups in total. The molecule has 0 aromatic heterocycles. The summed E-state index contributed by atoms with van der Waals surface area (Å²) in [5.41, 5.74) is 4.24. The molecule has 2 heterocycles.